The van der Waals surface area contributed by atoms with Crippen molar-refractivity contribution in [2.75, 3.05) is 13.2 Å². The smallest absolute Gasteiger partial charge is 0.276 e. The van der Waals surface area contributed by atoms with Gasteiger partial charge in [0.05, 0.1) is 0 Å². The van der Waals surface area contributed by atoms with Crippen LogP contribution >= 0.6 is 39.7 Å². The summed E-state index contributed by atoms with van der Waals surface area (Å²) >= 11 is 14.1. The minimum absolute atomic E-state index is 0.0690. The third-order valence-electron chi connectivity index (χ3n) is 3.25. The fourth-order valence-electron chi connectivity index (χ4n) is 1.95. The monoisotopic (exact) mass is 485 g/mol. The van der Waals surface area contributed by atoms with Crippen LogP contribution < -0.4 is 25.6 Å². The van der Waals surface area contributed by atoms with Crippen molar-refractivity contribution in [2.24, 2.45) is 0 Å². The van der Waals surface area contributed by atoms with Crippen molar-refractivity contribution in [1.82, 2.24) is 16.2 Å². The third kappa shape index (κ3) is 7.71. The molecule has 0 heterocycles. The minimum atomic E-state index is -0.475. The van der Waals surface area contributed by atoms with Crippen LogP contribution in [0.15, 0.2) is 46.9 Å². The summed E-state index contributed by atoms with van der Waals surface area (Å²) in [7, 11) is 0. The molecule has 0 atom stereocenters. The summed E-state index contributed by atoms with van der Waals surface area (Å²) < 4.78 is 11.6. The SMILES string of the molecule is Cc1cc(Cl)ccc1OCC(=O)NNC(=S)NC(=O)COc1ccc(Br)cc1. The number of hydrazine groups is 1. The molecule has 0 unspecified atom stereocenters. The molecule has 0 saturated carbocycles. The number of benzene rings is 2. The Hall–Kier alpha value is -2.36. The van der Waals surface area contributed by atoms with Gasteiger partial charge in [0, 0.05) is 9.50 Å². The number of halogens is 2. The maximum atomic E-state index is 11.8. The van der Waals surface area contributed by atoms with E-state index in [1.54, 1.807) is 42.5 Å². The van der Waals surface area contributed by atoms with Crippen molar-refractivity contribution in [3.8, 4) is 11.5 Å². The minimum Gasteiger partial charge on any atom is -0.484 e. The first-order valence-corrected chi connectivity index (χ1v) is 9.57. The molecule has 0 radical (unpaired) electrons. The van der Waals surface area contributed by atoms with Crippen LogP contribution in [-0.2, 0) is 9.59 Å². The Morgan fingerprint density at radius 2 is 1.71 bits per heavy atom. The number of hydrogen-bond donors (Lipinski definition) is 3. The van der Waals surface area contributed by atoms with E-state index in [1.807, 2.05) is 6.92 Å². The molecule has 0 saturated heterocycles. The predicted molar refractivity (Wildman–Crippen MR) is 113 cm³/mol. The Morgan fingerprint density at radius 3 is 2.39 bits per heavy atom. The molecule has 0 spiro atoms. The standard InChI is InChI=1S/C18H17BrClN3O4S/c1-11-8-13(20)4-7-15(11)27-10-17(25)22-23-18(28)21-16(24)9-26-14-5-2-12(19)3-6-14/h2-8H,9-10H2,1H3,(H,22,25)(H2,21,23,24,28). The van der Waals surface area contributed by atoms with E-state index >= 15 is 0 Å². The zero-order valence-electron chi connectivity index (χ0n) is 14.8. The van der Waals surface area contributed by atoms with E-state index in [0.29, 0.717) is 16.5 Å². The van der Waals surface area contributed by atoms with Gasteiger partial charge in [-0.25, -0.2) is 0 Å². The highest BCUT2D eigenvalue weighted by Gasteiger charge is 2.08. The summed E-state index contributed by atoms with van der Waals surface area (Å²) in [4.78, 5) is 23.6. The van der Waals surface area contributed by atoms with Gasteiger partial charge < -0.3 is 9.47 Å². The topological polar surface area (TPSA) is 88.7 Å². The largest absolute Gasteiger partial charge is 0.484 e. The fourth-order valence-corrected chi connectivity index (χ4v) is 2.61. The number of carbonyl (C=O) groups is 2. The van der Waals surface area contributed by atoms with Gasteiger partial charge in [0.25, 0.3) is 11.8 Å². The maximum Gasteiger partial charge on any atom is 0.276 e. The zero-order chi connectivity index (χ0) is 20.5. The van der Waals surface area contributed by atoms with Gasteiger partial charge >= 0.3 is 0 Å². The van der Waals surface area contributed by atoms with Crippen LogP contribution in [0.25, 0.3) is 0 Å². The van der Waals surface area contributed by atoms with Crippen molar-refractivity contribution >= 4 is 56.7 Å². The molecular weight excluding hydrogens is 470 g/mol. The van der Waals surface area contributed by atoms with Gasteiger partial charge in [-0.1, -0.05) is 27.5 Å². The number of carbonyl (C=O) groups excluding carboxylic acids is 2. The normalized spacial score (nSPS) is 9.96. The van der Waals surface area contributed by atoms with E-state index in [-0.39, 0.29) is 18.3 Å². The summed E-state index contributed by atoms with van der Waals surface area (Å²) in [6, 6.07) is 12.1. The van der Waals surface area contributed by atoms with Crippen LogP contribution in [0, 0.1) is 6.92 Å². The first-order chi connectivity index (χ1) is 13.3. The van der Waals surface area contributed by atoms with E-state index in [4.69, 9.17) is 33.3 Å². The van der Waals surface area contributed by atoms with E-state index in [2.05, 4.69) is 32.1 Å². The van der Waals surface area contributed by atoms with Gasteiger partial charge in [0.1, 0.15) is 11.5 Å². The molecule has 2 aromatic rings. The van der Waals surface area contributed by atoms with Gasteiger partial charge in [-0.3, -0.25) is 25.8 Å². The number of nitrogens with one attached hydrogen (secondary N) is 3. The van der Waals surface area contributed by atoms with E-state index in [0.717, 1.165) is 10.0 Å². The Morgan fingerprint density at radius 1 is 1.04 bits per heavy atom. The van der Waals surface area contributed by atoms with E-state index in [1.165, 1.54) is 0 Å². The molecular formula is C18H17BrClN3O4S. The van der Waals surface area contributed by atoms with Gasteiger partial charge in [0.2, 0.25) is 0 Å². The maximum absolute atomic E-state index is 11.8. The molecule has 0 fully saturated rings. The summed E-state index contributed by atoms with van der Waals surface area (Å²) in [5.74, 6) is 0.139. The lowest BCUT2D eigenvalue weighted by Crippen LogP contribution is -2.50. The molecule has 3 N–H and O–H groups in total. The van der Waals surface area contributed by atoms with Crippen molar-refractivity contribution in [3.63, 3.8) is 0 Å². The molecule has 2 rings (SSSR count). The number of hydrogen-bond acceptors (Lipinski definition) is 5. The number of amides is 2. The molecule has 0 aliphatic carbocycles. The van der Waals surface area contributed by atoms with Crippen LogP contribution in [0.5, 0.6) is 11.5 Å². The van der Waals surface area contributed by atoms with Crippen molar-refractivity contribution < 1.29 is 19.1 Å². The molecule has 7 nitrogen and oxygen atoms in total. The Kier molecular flexibility index (Phi) is 8.49. The molecule has 2 aromatic carbocycles. The second kappa shape index (κ2) is 10.8. The first kappa shape index (κ1) is 21.9. The summed E-state index contributed by atoms with van der Waals surface area (Å²) in [6.45, 7) is 1.35. The highest BCUT2D eigenvalue weighted by atomic mass is 79.9. The zero-order valence-corrected chi connectivity index (χ0v) is 17.9. The van der Waals surface area contributed by atoms with Crippen LogP contribution in [0.1, 0.15) is 5.56 Å². The van der Waals surface area contributed by atoms with Crippen LogP contribution in [-0.4, -0.2) is 30.1 Å². The van der Waals surface area contributed by atoms with Crippen molar-refractivity contribution in [1.29, 1.82) is 0 Å². The molecule has 10 heteroatoms. The highest BCUT2D eigenvalue weighted by molar-refractivity contribution is 9.10. The molecule has 0 aliphatic rings. The Balaban J connectivity index is 1.66. The lowest BCUT2D eigenvalue weighted by Gasteiger charge is -2.12. The molecule has 148 valence electrons. The quantitative estimate of drug-likeness (QED) is 0.430. The van der Waals surface area contributed by atoms with Gasteiger partial charge in [0.15, 0.2) is 18.3 Å². The number of aryl methyl sites for hydroxylation is 1. The molecule has 0 aromatic heterocycles. The molecule has 2 amide bonds. The van der Waals surface area contributed by atoms with Crippen molar-refractivity contribution in [2.45, 2.75) is 6.92 Å². The Bertz CT molecular complexity index is 864. The predicted octanol–water partition coefficient (Wildman–Crippen LogP) is 2.89. The van der Waals surface area contributed by atoms with Gasteiger partial charge in [-0.05, 0) is 67.2 Å². The van der Waals surface area contributed by atoms with E-state index < -0.39 is 11.8 Å². The van der Waals surface area contributed by atoms with Crippen molar-refractivity contribution in [3.05, 3.63) is 57.5 Å². The average Bonchev–Trinajstić information content (AvgIpc) is 2.65. The summed E-state index contributed by atoms with van der Waals surface area (Å²) in [5.41, 5.74) is 5.55. The second-order valence-electron chi connectivity index (χ2n) is 5.49. The number of thiocarbonyl (C=S) groups is 1. The number of rotatable bonds is 6. The summed E-state index contributed by atoms with van der Waals surface area (Å²) in [5, 5.41) is 2.90. The highest BCUT2D eigenvalue weighted by Crippen LogP contribution is 2.21. The molecule has 0 aliphatic heterocycles. The molecule has 28 heavy (non-hydrogen) atoms. The van der Waals surface area contributed by atoms with Gasteiger partial charge in [-0.2, -0.15) is 0 Å². The summed E-state index contributed by atoms with van der Waals surface area (Å²) in [6.07, 6.45) is 0. The first-order valence-electron chi connectivity index (χ1n) is 7.99. The number of ether oxygens (including phenoxy) is 2. The van der Waals surface area contributed by atoms with Crippen LogP contribution in [0.4, 0.5) is 0 Å². The average molecular weight is 487 g/mol. The molecule has 0 bridgehead atoms. The van der Waals surface area contributed by atoms with E-state index in [9.17, 15) is 9.59 Å². The lowest BCUT2D eigenvalue weighted by atomic mass is 10.2. The fraction of sp³-hybridized carbons (Fsp3) is 0.167. The van der Waals surface area contributed by atoms with Crippen LogP contribution in [0.3, 0.4) is 0 Å². The third-order valence-corrected chi connectivity index (χ3v) is 4.22. The Labute approximate surface area is 180 Å². The lowest BCUT2D eigenvalue weighted by molar-refractivity contribution is -0.124. The second-order valence-corrected chi connectivity index (χ2v) is 7.25. The van der Waals surface area contributed by atoms with Crippen LogP contribution in [0.2, 0.25) is 5.02 Å². The van der Waals surface area contributed by atoms with Gasteiger partial charge in [-0.15, -0.1) is 0 Å².